The van der Waals surface area contributed by atoms with Gasteiger partial charge in [0, 0.05) is 6.42 Å². The number of ether oxygens (including phenoxy) is 1. The molecular weight excluding hydrogens is 428 g/mol. The van der Waals surface area contributed by atoms with Crippen LogP contribution < -0.4 is 0 Å². The smallest absolute Gasteiger partial charge is 0.306 e. The number of esters is 1. The molecule has 0 amide bonds. The van der Waals surface area contributed by atoms with E-state index in [9.17, 15) is 4.79 Å². The molecule has 0 bridgehead atoms. The van der Waals surface area contributed by atoms with E-state index >= 15 is 0 Å². The van der Waals surface area contributed by atoms with Gasteiger partial charge in [0.1, 0.15) is 6.10 Å². The number of rotatable bonds is 10. The van der Waals surface area contributed by atoms with Gasteiger partial charge in [-0.1, -0.05) is 73.6 Å². The summed E-state index contributed by atoms with van der Waals surface area (Å²) in [7, 11) is 0. The van der Waals surface area contributed by atoms with Gasteiger partial charge in [-0.05, 0) is 116 Å². The highest BCUT2D eigenvalue weighted by atomic mass is 16.5. The molecule has 0 spiro atoms. The second-order valence-corrected chi connectivity index (χ2v) is 14.5. The Hall–Kier alpha value is -0.530. The Balaban J connectivity index is 1.35. The van der Waals surface area contributed by atoms with Crippen LogP contribution in [0.4, 0.5) is 0 Å². The van der Waals surface area contributed by atoms with Crippen molar-refractivity contribution in [2.75, 3.05) is 0 Å². The van der Waals surface area contributed by atoms with Crippen LogP contribution in [0.5, 0.6) is 0 Å². The maximum Gasteiger partial charge on any atom is 0.306 e. The summed E-state index contributed by atoms with van der Waals surface area (Å²) in [6, 6.07) is 0. The molecule has 4 aliphatic carbocycles. The van der Waals surface area contributed by atoms with Crippen LogP contribution in [-0.2, 0) is 9.53 Å². The number of unbranched alkanes of at least 4 members (excludes halogenated alkanes) is 2. The van der Waals surface area contributed by atoms with E-state index in [-0.39, 0.29) is 12.1 Å². The summed E-state index contributed by atoms with van der Waals surface area (Å²) in [4.78, 5) is 12.4. The van der Waals surface area contributed by atoms with Crippen molar-refractivity contribution >= 4 is 5.97 Å². The van der Waals surface area contributed by atoms with Crippen LogP contribution in [0, 0.1) is 52.3 Å². The van der Waals surface area contributed by atoms with E-state index in [2.05, 4.69) is 41.5 Å². The lowest BCUT2D eigenvalue weighted by Crippen LogP contribution is -2.54. The minimum absolute atomic E-state index is 0.0636. The summed E-state index contributed by atoms with van der Waals surface area (Å²) in [5, 5.41) is 0. The third kappa shape index (κ3) is 5.67. The topological polar surface area (TPSA) is 26.3 Å². The fourth-order valence-electron chi connectivity index (χ4n) is 10.1. The molecule has 0 saturated heterocycles. The number of hydrogen-bond donors (Lipinski definition) is 0. The molecule has 0 aromatic heterocycles. The SMILES string of the molecule is CCCCCC(=O)O[C@H]1CC[C@@]2(C)[C@@H](CC[C@@H]3[C@@H]2CC[C@]2(C)[C@@H]([C@H](C)CCCC(C)C)CC[C@@H]32)C1. The van der Waals surface area contributed by atoms with Crippen LogP contribution in [0.3, 0.4) is 0 Å². The zero-order valence-electron chi connectivity index (χ0n) is 24.2. The quantitative estimate of drug-likeness (QED) is 0.227. The average molecular weight is 487 g/mol. The molecule has 0 unspecified atom stereocenters. The fourth-order valence-corrected chi connectivity index (χ4v) is 10.1. The highest BCUT2D eigenvalue weighted by Crippen LogP contribution is 2.68. The first-order valence-corrected chi connectivity index (χ1v) is 15.9. The maximum atomic E-state index is 12.4. The first kappa shape index (κ1) is 27.5. The van der Waals surface area contributed by atoms with Gasteiger partial charge in [0.05, 0.1) is 0 Å². The van der Waals surface area contributed by atoms with Crippen molar-refractivity contribution in [1.29, 1.82) is 0 Å². The molecule has 4 saturated carbocycles. The van der Waals surface area contributed by atoms with Crippen molar-refractivity contribution in [3.63, 3.8) is 0 Å². The molecule has 4 aliphatic rings. The van der Waals surface area contributed by atoms with E-state index in [4.69, 9.17) is 4.74 Å². The van der Waals surface area contributed by atoms with Crippen LogP contribution >= 0.6 is 0 Å². The highest BCUT2D eigenvalue weighted by Gasteiger charge is 2.60. The van der Waals surface area contributed by atoms with Crippen molar-refractivity contribution in [1.82, 2.24) is 0 Å². The molecule has 202 valence electrons. The van der Waals surface area contributed by atoms with Gasteiger partial charge in [0.15, 0.2) is 0 Å². The average Bonchev–Trinajstić information content (AvgIpc) is 3.16. The minimum atomic E-state index is 0.0636. The lowest BCUT2D eigenvalue weighted by molar-refractivity contribution is -0.162. The lowest BCUT2D eigenvalue weighted by atomic mass is 9.44. The number of fused-ring (bicyclic) bond motifs is 5. The summed E-state index contributed by atoms with van der Waals surface area (Å²) < 4.78 is 6.00. The summed E-state index contributed by atoms with van der Waals surface area (Å²) in [6.07, 6.45) is 20.6. The monoisotopic (exact) mass is 486 g/mol. The third-order valence-electron chi connectivity index (χ3n) is 12.1. The molecule has 0 heterocycles. The van der Waals surface area contributed by atoms with Crippen LogP contribution in [0.15, 0.2) is 0 Å². The van der Waals surface area contributed by atoms with Crippen molar-refractivity contribution in [3.05, 3.63) is 0 Å². The van der Waals surface area contributed by atoms with Crippen molar-refractivity contribution in [2.45, 2.75) is 150 Å². The zero-order chi connectivity index (χ0) is 25.2. The summed E-state index contributed by atoms with van der Waals surface area (Å²) in [5.41, 5.74) is 1.07. The van der Waals surface area contributed by atoms with E-state index < -0.39 is 0 Å². The Labute approximate surface area is 218 Å². The van der Waals surface area contributed by atoms with Crippen LogP contribution in [0.1, 0.15) is 144 Å². The molecule has 4 rings (SSSR count). The van der Waals surface area contributed by atoms with Crippen LogP contribution in [0.2, 0.25) is 0 Å². The van der Waals surface area contributed by atoms with Gasteiger partial charge in [0.2, 0.25) is 0 Å². The molecule has 2 nitrogen and oxygen atoms in total. The van der Waals surface area contributed by atoms with Crippen molar-refractivity contribution in [2.24, 2.45) is 52.3 Å². The Kier molecular flexibility index (Phi) is 9.01. The first-order valence-electron chi connectivity index (χ1n) is 15.9. The van der Waals surface area contributed by atoms with Gasteiger partial charge in [-0.15, -0.1) is 0 Å². The van der Waals surface area contributed by atoms with Gasteiger partial charge in [0.25, 0.3) is 0 Å². The molecule has 0 radical (unpaired) electrons. The molecule has 0 aromatic carbocycles. The Morgan fingerprint density at radius 1 is 0.857 bits per heavy atom. The summed E-state index contributed by atoms with van der Waals surface area (Å²) in [6.45, 7) is 14.9. The van der Waals surface area contributed by atoms with E-state index in [1.807, 2.05) is 0 Å². The molecular formula is C33H58O2. The van der Waals surface area contributed by atoms with Gasteiger partial charge in [-0.25, -0.2) is 0 Å². The normalized spacial score (nSPS) is 41.7. The predicted octanol–water partition coefficient (Wildman–Crippen LogP) is 9.60. The Morgan fingerprint density at radius 2 is 1.60 bits per heavy atom. The number of hydrogen-bond acceptors (Lipinski definition) is 2. The maximum absolute atomic E-state index is 12.4. The van der Waals surface area contributed by atoms with Crippen LogP contribution in [-0.4, -0.2) is 12.1 Å². The number of carbonyl (C=O) groups excluding carboxylic acids is 1. The number of carbonyl (C=O) groups is 1. The standard InChI is InChI=1S/C33H58O2/c1-7-8-9-13-31(34)35-26-18-20-32(5)25(22-26)14-15-27-29-17-16-28(24(4)12-10-11-23(2)3)33(29,6)21-19-30(27)32/h23-30H,7-22H2,1-6H3/t24-,25+,26+,27+,28-,29+,30+,32+,33-/m1/s1. The van der Waals surface area contributed by atoms with E-state index in [1.54, 1.807) is 0 Å². The van der Waals surface area contributed by atoms with Gasteiger partial charge in [-0.3, -0.25) is 4.79 Å². The lowest BCUT2D eigenvalue weighted by Gasteiger charge is -2.61. The molecule has 2 heteroatoms. The molecule has 4 fully saturated rings. The van der Waals surface area contributed by atoms with E-state index in [0.29, 0.717) is 17.3 Å². The highest BCUT2D eigenvalue weighted by molar-refractivity contribution is 5.69. The van der Waals surface area contributed by atoms with Gasteiger partial charge in [-0.2, -0.15) is 0 Å². The zero-order valence-corrected chi connectivity index (χ0v) is 24.2. The molecule has 0 aliphatic heterocycles. The molecule has 35 heavy (non-hydrogen) atoms. The molecule has 0 N–H and O–H groups in total. The summed E-state index contributed by atoms with van der Waals surface area (Å²) >= 11 is 0. The van der Waals surface area contributed by atoms with E-state index in [0.717, 1.165) is 73.5 Å². The minimum Gasteiger partial charge on any atom is -0.462 e. The summed E-state index contributed by atoms with van der Waals surface area (Å²) in [5.74, 6) is 6.36. The molecule has 9 atom stereocenters. The van der Waals surface area contributed by atoms with Gasteiger partial charge >= 0.3 is 5.97 Å². The van der Waals surface area contributed by atoms with Crippen molar-refractivity contribution < 1.29 is 9.53 Å². The third-order valence-corrected chi connectivity index (χ3v) is 12.1. The van der Waals surface area contributed by atoms with Crippen LogP contribution in [0.25, 0.3) is 0 Å². The molecule has 0 aromatic rings. The van der Waals surface area contributed by atoms with Gasteiger partial charge < -0.3 is 4.74 Å². The fraction of sp³-hybridized carbons (Fsp3) is 0.970. The van der Waals surface area contributed by atoms with E-state index in [1.165, 1.54) is 64.2 Å². The largest absolute Gasteiger partial charge is 0.462 e. The Bertz CT molecular complexity index is 699. The Morgan fingerprint density at radius 3 is 2.34 bits per heavy atom. The second kappa shape index (κ2) is 11.5. The second-order valence-electron chi connectivity index (χ2n) is 14.5. The van der Waals surface area contributed by atoms with Crippen molar-refractivity contribution in [3.8, 4) is 0 Å². The first-order chi connectivity index (χ1) is 16.7. The predicted molar refractivity (Wildman–Crippen MR) is 147 cm³/mol.